The lowest BCUT2D eigenvalue weighted by Gasteiger charge is -2.17. The van der Waals surface area contributed by atoms with Crippen LogP contribution in [-0.2, 0) is 0 Å². The molecule has 3 unspecified atom stereocenters. The fourth-order valence-electron chi connectivity index (χ4n) is 3.49. The van der Waals surface area contributed by atoms with Crippen molar-refractivity contribution >= 4 is 34.2 Å². The molecule has 1 amide bonds. The number of likely N-dealkylation sites (tertiary alicyclic amines) is 1. The summed E-state index contributed by atoms with van der Waals surface area (Å²) < 4.78 is 0.804. The first-order valence-electron chi connectivity index (χ1n) is 7.27. The highest BCUT2D eigenvalue weighted by Gasteiger charge is 2.43. The Hall–Kier alpha value is -0.590. The maximum absolute atomic E-state index is 12.6. The van der Waals surface area contributed by atoms with Crippen molar-refractivity contribution in [3.05, 3.63) is 15.9 Å². The predicted molar refractivity (Wildman–Crippen MR) is 87.7 cm³/mol. The van der Waals surface area contributed by atoms with Crippen molar-refractivity contribution in [3.8, 4) is 0 Å². The molecule has 118 valence electrons. The zero-order valence-electron chi connectivity index (χ0n) is 12.3. The van der Waals surface area contributed by atoms with Crippen LogP contribution in [0.5, 0.6) is 0 Å². The van der Waals surface area contributed by atoms with Gasteiger partial charge >= 0.3 is 0 Å². The van der Waals surface area contributed by atoms with Crippen LogP contribution < -0.4 is 5.73 Å². The number of rotatable bonds is 2. The van der Waals surface area contributed by atoms with E-state index in [0.29, 0.717) is 23.4 Å². The van der Waals surface area contributed by atoms with E-state index in [4.69, 9.17) is 5.73 Å². The van der Waals surface area contributed by atoms with Crippen LogP contribution in [0.15, 0.2) is 4.47 Å². The van der Waals surface area contributed by atoms with Gasteiger partial charge in [0.15, 0.2) is 5.69 Å². The van der Waals surface area contributed by atoms with E-state index in [1.165, 1.54) is 0 Å². The van der Waals surface area contributed by atoms with Crippen molar-refractivity contribution in [2.45, 2.75) is 38.6 Å². The molecule has 7 heteroatoms. The van der Waals surface area contributed by atoms with Crippen molar-refractivity contribution in [1.82, 2.24) is 15.1 Å². The number of hydrogen-bond acceptors (Lipinski definition) is 3. The van der Waals surface area contributed by atoms with Gasteiger partial charge in [-0.05, 0) is 46.5 Å². The average molecular weight is 378 g/mol. The highest BCUT2D eigenvalue weighted by atomic mass is 79.9. The average Bonchev–Trinajstić information content (AvgIpc) is 3.05. The van der Waals surface area contributed by atoms with Gasteiger partial charge in [-0.15, -0.1) is 12.4 Å². The number of aromatic amines is 1. The quantitative estimate of drug-likeness (QED) is 0.831. The Morgan fingerprint density at radius 2 is 2.14 bits per heavy atom. The van der Waals surface area contributed by atoms with Crippen LogP contribution in [0.1, 0.15) is 48.8 Å². The van der Waals surface area contributed by atoms with E-state index in [9.17, 15) is 4.79 Å². The van der Waals surface area contributed by atoms with Crippen molar-refractivity contribution in [2.75, 3.05) is 13.1 Å². The first-order chi connectivity index (χ1) is 9.49. The highest BCUT2D eigenvalue weighted by Crippen LogP contribution is 2.38. The number of carbonyl (C=O) groups is 1. The Bertz CT molecular complexity index is 533. The van der Waals surface area contributed by atoms with Gasteiger partial charge in [-0.2, -0.15) is 5.10 Å². The van der Waals surface area contributed by atoms with Gasteiger partial charge in [0, 0.05) is 19.1 Å². The van der Waals surface area contributed by atoms with Gasteiger partial charge in [-0.25, -0.2) is 0 Å². The number of H-pyrrole nitrogens is 1. The topological polar surface area (TPSA) is 75.0 Å². The molecule has 0 bridgehead atoms. The normalized spacial score (nSPS) is 27.9. The van der Waals surface area contributed by atoms with Crippen molar-refractivity contribution in [1.29, 1.82) is 0 Å². The molecule has 1 saturated carbocycles. The van der Waals surface area contributed by atoms with E-state index in [1.807, 2.05) is 4.90 Å². The van der Waals surface area contributed by atoms with E-state index in [-0.39, 0.29) is 24.4 Å². The predicted octanol–water partition coefficient (Wildman–Crippen LogP) is 2.53. The van der Waals surface area contributed by atoms with Gasteiger partial charge in [0.1, 0.15) is 0 Å². The molecule has 1 aliphatic heterocycles. The van der Waals surface area contributed by atoms with E-state index in [1.54, 1.807) is 0 Å². The molecule has 1 aromatic heterocycles. The minimum atomic E-state index is 0. The summed E-state index contributed by atoms with van der Waals surface area (Å²) in [6.07, 6.45) is 2.25. The molecule has 2 heterocycles. The second kappa shape index (κ2) is 6.26. The summed E-state index contributed by atoms with van der Waals surface area (Å²) >= 11 is 3.51. The largest absolute Gasteiger partial charge is 0.337 e. The lowest BCUT2D eigenvalue weighted by Crippen LogP contribution is -2.33. The van der Waals surface area contributed by atoms with Crippen LogP contribution in [0.25, 0.3) is 0 Å². The number of carbonyl (C=O) groups excluding carboxylic acids is 1. The molecule has 0 aromatic carbocycles. The number of aromatic nitrogens is 2. The molecular weight excluding hydrogens is 356 g/mol. The summed E-state index contributed by atoms with van der Waals surface area (Å²) in [7, 11) is 0. The Labute approximate surface area is 139 Å². The fraction of sp³-hybridized carbons (Fsp3) is 0.714. The zero-order chi connectivity index (χ0) is 14.4. The Morgan fingerprint density at radius 1 is 1.43 bits per heavy atom. The van der Waals surface area contributed by atoms with Crippen LogP contribution in [-0.4, -0.2) is 40.1 Å². The fourth-order valence-corrected chi connectivity index (χ4v) is 4.29. The van der Waals surface area contributed by atoms with Crippen molar-refractivity contribution in [3.63, 3.8) is 0 Å². The van der Waals surface area contributed by atoms with Gasteiger partial charge in [0.05, 0.1) is 10.2 Å². The van der Waals surface area contributed by atoms with E-state index >= 15 is 0 Å². The highest BCUT2D eigenvalue weighted by molar-refractivity contribution is 9.10. The first-order valence-corrected chi connectivity index (χ1v) is 8.07. The van der Waals surface area contributed by atoms with E-state index in [2.05, 4.69) is 40.0 Å². The lowest BCUT2D eigenvalue weighted by molar-refractivity contribution is 0.0773. The summed E-state index contributed by atoms with van der Waals surface area (Å²) in [6.45, 7) is 5.76. The van der Waals surface area contributed by atoms with Gasteiger partial charge in [-0.3, -0.25) is 9.89 Å². The van der Waals surface area contributed by atoms with E-state index in [0.717, 1.165) is 36.1 Å². The third kappa shape index (κ3) is 2.85. The van der Waals surface area contributed by atoms with Crippen LogP contribution in [0, 0.1) is 11.8 Å². The third-order valence-corrected chi connectivity index (χ3v) is 5.51. The molecule has 3 rings (SSSR count). The standard InChI is InChI=1S/C14H21BrN4O.ClH/c1-7(2)12-11(15)13(18-17-12)14(20)19-5-8-3-4-10(16)9(8)6-19;/h7-10H,3-6,16H2,1-2H3,(H,17,18);1H. The SMILES string of the molecule is CC(C)c1[nH]nc(C(=O)N2CC3CCC(N)C3C2)c1Br.Cl. The first kappa shape index (κ1) is 16.8. The lowest BCUT2D eigenvalue weighted by atomic mass is 9.98. The van der Waals surface area contributed by atoms with Crippen molar-refractivity contribution in [2.24, 2.45) is 17.6 Å². The van der Waals surface area contributed by atoms with Gasteiger partial charge in [-0.1, -0.05) is 13.8 Å². The smallest absolute Gasteiger partial charge is 0.275 e. The minimum absolute atomic E-state index is 0. The Morgan fingerprint density at radius 3 is 2.71 bits per heavy atom. The number of amides is 1. The molecule has 1 aromatic rings. The molecule has 3 atom stereocenters. The number of halogens is 2. The van der Waals surface area contributed by atoms with Gasteiger partial charge in [0.2, 0.25) is 0 Å². The number of nitrogens with two attached hydrogens (primary N) is 1. The third-order valence-electron chi connectivity index (χ3n) is 4.71. The van der Waals surface area contributed by atoms with Crippen LogP contribution >= 0.6 is 28.3 Å². The molecule has 2 fully saturated rings. The van der Waals surface area contributed by atoms with Crippen molar-refractivity contribution < 1.29 is 4.79 Å². The molecule has 5 nitrogen and oxygen atoms in total. The monoisotopic (exact) mass is 376 g/mol. The second-order valence-electron chi connectivity index (χ2n) is 6.33. The zero-order valence-corrected chi connectivity index (χ0v) is 14.7. The molecule has 0 radical (unpaired) electrons. The molecule has 1 saturated heterocycles. The number of hydrogen-bond donors (Lipinski definition) is 2. The molecule has 2 aliphatic rings. The summed E-state index contributed by atoms with van der Waals surface area (Å²) in [6, 6.07) is 0.256. The molecule has 0 spiro atoms. The summed E-state index contributed by atoms with van der Waals surface area (Å²) in [5, 5.41) is 7.17. The number of nitrogens with zero attached hydrogens (tertiary/aromatic N) is 2. The second-order valence-corrected chi connectivity index (χ2v) is 7.12. The Kier molecular flexibility index (Phi) is 5.00. The van der Waals surface area contributed by atoms with Crippen LogP contribution in [0.2, 0.25) is 0 Å². The molecule has 21 heavy (non-hydrogen) atoms. The summed E-state index contributed by atoms with van der Waals surface area (Å²) in [5.41, 5.74) is 7.60. The maximum Gasteiger partial charge on any atom is 0.275 e. The summed E-state index contributed by atoms with van der Waals surface area (Å²) in [4.78, 5) is 14.5. The van der Waals surface area contributed by atoms with Crippen LogP contribution in [0.4, 0.5) is 0 Å². The molecule has 1 aliphatic carbocycles. The molecular formula is C14H22BrClN4O. The summed E-state index contributed by atoms with van der Waals surface area (Å²) in [5.74, 6) is 1.38. The minimum Gasteiger partial charge on any atom is -0.337 e. The molecule has 3 N–H and O–H groups in total. The Balaban J connectivity index is 0.00000161. The van der Waals surface area contributed by atoms with Gasteiger partial charge < -0.3 is 10.6 Å². The van der Waals surface area contributed by atoms with Gasteiger partial charge in [0.25, 0.3) is 5.91 Å². The van der Waals surface area contributed by atoms with E-state index < -0.39 is 0 Å². The number of fused-ring (bicyclic) bond motifs is 1. The number of nitrogens with one attached hydrogen (secondary N) is 1. The maximum atomic E-state index is 12.6. The van der Waals surface area contributed by atoms with Crippen LogP contribution in [0.3, 0.4) is 0 Å².